The summed E-state index contributed by atoms with van der Waals surface area (Å²) in [5, 5.41) is 1.00. The van der Waals surface area contributed by atoms with Crippen LogP contribution in [-0.4, -0.2) is 31.3 Å². The van der Waals surface area contributed by atoms with Crippen LogP contribution >= 0.6 is 0 Å². The van der Waals surface area contributed by atoms with Gasteiger partial charge in [-0.25, -0.2) is 9.86 Å². The van der Waals surface area contributed by atoms with Crippen LogP contribution < -0.4 is 4.90 Å². The molecule has 1 heterocycles. The summed E-state index contributed by atoms with van der Waals surface area (Å²) in [6, 6.07) is 4.18. The first-order valence-electron chi connectivity index (χ1n) is 5.25. The van der Waals surface area contributed by atoms with Gasteiger partial charge in [-0.2, -0.15) is 13.2 Å². The Kier molecular flexibility index (Phi) is 3.16. The highest BCUT2D eigenvalue weighted by atomic mass is 19.4. The number of alkyl halides is 3. The van der Waals surface area contributed by atoms with Gasteiger partial charge in [-0.3, -0.25) is 9.74 Å². The molecule has 0 radical (unpaired) electrons. The van der Waals surface area contributed by atoms with Gasteiger partial charge in [0.25, 0.3) is 0 Å². The van der Waals surface area contributed by atoms with Crippen LogP contribution in [0, 0.1) is 0 Å². The van der Waals surface area contributed by atoms with Crippen molar-refractivity contribution in [3.63, 3.8) is 0 Å². The molecule has 0 aromatic heterocycles. The number of anilines is 1. The van der Waals surface area contributed by atoms with E-state index in [0.717, 1.165) is 17.2 Å². The largest absolute Gasteiger partial charge is 0.416 e. The third-order valence-corrected chi connectivity index (χ3v) is 2.59. The number of carbonyl (C=O) groups excluding carboxylic acids is 1. The van der Waals surface area contributed by atoms with E-state index in [-0.39, 0.29) is 18.8 Å². The highest BCUT2D eigenvalue weighted by Crippen LogP contribution is 2.32. The van der Waals surface area contributed by atoms with Crippen LogP contribution in [0.3, 0.4) is 0 Å². The second-order valence-corrected chi connectivity index (χ2v) is 3.81. The van der Waals surface area contributed by atoms with Crippen molar-refractivity contribution >= 4 is 11.7 Å². The Morgan fingerprint density at radius 2 is 2.06 bits per heavy atom. The van der Waals surface area contributed by atoms with Gasteiger partial charge >= 0.3 is 12.2 Å². The Morgan fingerprint density at radius 3 is 2.72 bits per heavy atom. The van der Waals surface area contributed by atoms with Gasteiger partial charge in [-0.1, -0.05) is 6.07 Å². The lowest BCUT2D eigenvalue weighted by Gasteiger charge is -2.32. The second kappa shape index (κ2) is 4.49. The molecule has 1 fully saturated rings. The summed E-state index contributed by atoms with van der Waals surface area (Å²) in [6.07, 6.45) is -4.42. The molecule has 0 spiro atoms. The first-order valence-corrected chi connectivity index (χ1v) is 5.25. The van der Waals surface area contributed by atoms with Crippen molar-refractivity contribution in [2.24, 2.45) is 0 Å². The average Bonchev–Trinajstić information content (AvgIpc) is 2.32. The molecule has 0 aliphatic carbocycles. The van der Waals surface area contributed by atoms with Gasteiger partial charge in [0.05, 0.1) is 18.7 Å². The van der Waals surface area contributed by atoms with Crippen molar-refractivity contribution in [3.8, 4) is 0 Å². The zero-order valence-corrected chi connectivity index (χ0v) is 9.57. The number of hydrogen-bond donors (Lipinski definition) is 0. The number of rotatable bonds is 1. The minimum Gasteiger partial charge on any atom is -0.290 e. The minimum atomic E-state index is -4.42. The quantitative estimate of drug-likeness (QED) is 0.777. The molecule has 1 aromatic carbocycles. The van der Waals surface area contributed by atoms with E-state index in [1.165, 1.54) is 24.1 Å². The summed E-state index contributed by atoms with van der Waals surface area (Å²) in [5.41, 5.74) is -0.563. The van der Waals surface area contributed by atoms with E-state index in [4.69, 9.17) is 4.84 Å². The van der Waals surface area contributed by atoms with Crippen LogP contribution in [0.5, 0.6) is 0 Å². The number of halogens is 3. The van der Waals surface area contributed by atoms with Crippen molar-refractivity contribution in [2.45, 2.75) is 6.18 Å². The number of urea groups is 1. The van der Waals surface area contributed by atoms with Crippen molar-refractivity contribution in [2.75, 3.05) is 25.1 Å². The maximum absolute atomic E-state index is 12.6. The molecule has 0 saturated carbocycles. The van der Waals surface area contributed by atoms with Gasteiger partial charge in [0.1, 0.15) is 0 Å². The van der Waals surface area contributed by atoms with Gasteiger partial charge < -0.3 is 0 Å². The fraction of sp³-hybridized carbons (Fsp3) is 0.364. The van der Waals surface area contributed by atoms with E-state index in [2.05, 4.69) is 0 Å². The van der Waals surface area contributed by atoms with E-state index in [9.17, 15) is 18.0 Å². The van der Waals surface area contributed by atoms with Crippen LogP contribution in [0.15, 0.2) is 24.3 Å². The molecular formula is C11H11F3N2O2. The topological polar surface area (TPSA) is 32.8 Å². The summed E-state index contributed by atoms with van der Waals surface area (Å²) >= 11 is 0. The molecule has 4 nitrogen and oxygen atoms in total. The summed E-state index contributed by atoms with van der Waals surface area (Å²) < 4.78 is 37.7. The van der Waals surface area contributed by atoms with E-state index < -0.39 is 17.8 Å². The lowest BCUT2D eigenvalue weighted by Crippen LogP contribution is -2.48. The monoisotopic (exact) mass is 260 g/mol. The lowest BCUT2D eigenvalue weighted by molar-refractivity contribution is -0.137. The molecule has 1 saturated heterocycles. The molecule has 7 heteroatoms. The normalized spacial score (nSPS) is 17.2. The molecule has 2 amide bonds. The van der Waals surface area contributed by atoms with E-state index in [0.29, 0.717) is 0 Å². The first kappa shape index (κ1) is 12.7. The summed E-state index contributed by atoms with van der Waals surface area (Å²) in [6.45, 7) is 0.475. The van der Waals surface area contributed by atoms with Gasteiger partial charge in [-0.05, 0) is 18.2 Å². The summed E-state index contributed by atoms with van der Waals surface area (Å²) in [7, 11) is 1.42. The van der Waals surface area contributed by atoms with Gasteiger partial charge in [-0.15, -0.1) is 0 Å². The van der Waals surface area contributed by atoms with E-state index in [1.807, 2.05) is 0 Å². The Balaban J connectivity index is 2.31. The number of nitrogens with zero attached hydrogens (tertiary/aromatic N) is 2. The zero-order valence-electron chi connectivity index (χ0n) is 9.57. The number of hydroxylamine groups is 2. The molecular weight excluding hydrogens is 249 g/mol. The minimum absolute atomic E-state index is 0.213. The average molecular weight is 260 g/mol. The Labute approximate surface area is 101 Å². The summed E-state index contributed by atoms with van der Waals surface area (Å²) in [4.78, 5) is 17.9. The molecule has 0 unspecified atom stereocenters. The van der Waals surface area contributed by atoms with Crippen LogP contribution in [0.2, 0.25) is 0 Å². The first-order chi connectivity index (χ1) is 8.39. The molecule has 2 rings (SSSR count). The molecule has 98 valence electrons. The predicted molar refractivity (Wildman–Crippen MR) is 57.9 cm³/mol. The smallest absolute Gasteiger partial charge is 0.290 e. The zero-order chi connectivity index (χ0) is 13.3. The Morgan fingerprint density at radius 1 is 1.33 bits per heavy atom. The molecule has 0 N–H and O–H groups in total. The van der Waals surface area contributed by atoms with Crippen LogP contribution in [-0.2, 0) is 11.0 Å². The fourth-order valence-electron chi connectivity index (χ4n) is 1.68. The van der Waals surface area contributed by atoms with E-state index in [1.54, 1.807) is 0 Å². The number of amides is 2. The van der Waals surface area contributed by atoms with Crippen molar-refractivity contribution in [1.82, 2.24) is 5.06 Å². The molecule has 1 aromatic rings. The number of carbonyl (C=O) groups is 1. The molecule has 1 aliphatic rings. The number of benzene rings is 1. The number of hydrogen-bond acceptors (Lipinski definition) is 2. The molecule has 18 heavy (non-hydrogen) atoms. The van der Waals surface area contributed by atoms with Crippen LogP contribution in [0.4, 0.5) is 23.7 Å². The highest BCUT2D eigenvalue weighted by Gasteiger charge is 2.32. The predicted octanol–water partition coefficient (Wildman–Crippen LogP) is 2.51. The second-order valence-electron chi connectivity index (χ2n) is 3.81. The highest BCUT2D eigenvalue weighted by molar-refractivity contribution is 5.91. The van der Waals surface area contributed by atoms with Crippen LogP contribution in [0.25, 0.3) is 0 Å². The SMILES string of the molecule is CN1OCCN(c2cccc(C(F)(F)F)c2)C1=O. The maximum atomic E-state index is 12.6. The van der Waals surface area contributed by atoms with Gasteiger partial charge in [0, 0.05) is 12.7 Å². The third-order valence-electron chi connectivity index (χ3n) is 2.59. The van der Waals surface area contributed by atoms with Crippen molar-refractivity contribution in [3.05, 3.63) is 29.8 Å². The molecule has 0 bridgehead atoms. The molecule has 0 atom stereocenters. The van der Waals surface area contributed by atoms with Crippen LogP contribution in [0.1, 0.15) is 5.56 Å². The maximum Gasteiger partial charge on any atom is 0.416 e. The van der Waals surface area contributed by atoms with Crippen molar-refractivity contribution < 1.29 is 22.8 Å². The van der Waals surface area contributed by atoms with Gasteiger partial charge in [0.2, 0.25) is 0 Å². The van der Waals surface area contributed by atoms with E-state index >= 15 is 0 Å². The van der Waals surface area contributed by atoms with Gasteiger partial charge in [0.15, 0.2) is 0 Å². The summed E-state index contributed by atoms with van der Waals surface area (Å²) in [5.74, 6) is 0. The standard InChI is InChI=1S/C11H11F3N2O2/c1-15-10(17)16(5-6-18-15)9-4-2-3-8(7-9)11(12,13)14/h2-4,7H,5-6H2,1H3. The third kappa shape index (κ3) is 2.40. The Hall–Kier alpha value is -1.76. The molecule has 1 aliphatic heterocycles. The Bertz CT molecular complexity index is 462. The lowest BCUT2D eigenvalue weighted by atomic mass is 10.2. The fourth-order valence-corrected chi connectivity index (χ4v) is 1.68. The van der Waals surface area contributed by atoms with Crippen molar-refractivity contribution in [1.29, 1.82) is 0 Å².